The van der Waals surface area contributed by atoms with Crippen molar-refractivity contribution in [2.45, 2.75) is 38.5 Å². The molecule has 1 aliphatic carbocycles. The molecule has 0 unspecified atom stereocenters. The lowest BCUT2D eigenvalue weighted by Gasteiger charge is -2.43. The van der Waals surface area contributed by atoms with Crippen LogP contribution < -0.4 is 5.32 Å². The van der Waals surface area contributed by atoms with E-state index < -0.39 is 0 Å². The molecule has 0 bridgehead atoms. The van der Waals surface area contributed by atoms with Crippen molar-refractivity contribution < 1.29 is 4.39 Å². The molecule has 0 spiro atoms. The average Bonchev–Trinajstić information content (AvgIpc) is 2.23. The molecule has 0 aliphatic heterocycles. The van der Waals surface area contributed by atoms with Crippen LogP contribution in [0.25, 0.3) is 0 Å². The molecule has 0 heterocycles. The van der Waals surface area contributed by atoms with Crippen molar-refractivity contribution in [3.05, 3.63) is 35.6 Å². The lowest BCUT2D eigenvalue weighted by Crippen LogP contribution is -2.45. The minimum atomic E-state index is -0.0430. The van der Waals surface area contributed by atoms with Crippen molar-refractivity contribution in [1.29, 1.82) is 0 Å². The lowest BCUT2D eigenvalue weighted by molar-refractivity contribution is 0.224. The highest BCUT2D eigenvalue weighted by atomic mass is 19.1. The molecule has 94 valence electrons. The molecule has 2 heteroatoms. The first-order valence-corrected chi connectivity index (χ1v) is 6.60. The standard InChI is InChI=1S/C15H22FN/c1-12(2)10-17-11-15(8-5-9-15)13-6-3-4-7-14(13)16/h3-4,6-7,12,17H,5,8-11H2,1-2H3. The van der Waals surface area contributed by atoms with Gasteiger partial charge in [0.05, 0.1) is 0 Å². The quantitative estimate of drug-likeness (QED) is 0.823. The zero-order chi connectivity index (χ0) is 12.3. The molecular weight excluding hydrogens is 213 g/mol. The Morgan fingerprint density at radius 3 is 2.53 bits per heavy atom. The third-order valence-corrected chi connectivity index (χ3v) is 3.77. The van der Waals surface area contributed by atoms with Crippen LogP contribution in [-0.4, -0.2) is 13.1 Å². The Morgan fingerprint density at radius 2 is 2.00 bits per heavy atom. The average molecular weight is 235 g/mol. The highest BCUT2D eigenvalue weighted by molar-refractivity contribution is 5.30. The first-order chi connectivity index (χ1) is 8.14. The Morgan fingerprint density at radius 1 is 1.29 bits per heavy atom. The molecule has 1 aromatic carbocycles. The molecule has 1 aliphatic rings. The number of hydrogen-bond donors (Lipinski definition) is 1. The van der Waals surface area contributed by atoms with Crippen LogP contribution in [0.15, 0.2) is 24.3 Å². The first-order valence-electron chi connectivity index (χ1n) is 6.60. The van der Waals surface area contributed by atoms with Crippen molar-refractivity contribution in [3.63, 3.8) is 0 Å². The van der Waals surface area contributed by atoms with Crippen LogP contribution in [0.2, 0.25) is 0 Å². The summed E-state index contributed by atoms with van der Waals surface area (Å²) in [4.78, 5) is 0. The van der Waals surface area contributed by atoms with E-state index in [2.05, 4.69) is 19.2 Å². The van der Waals surface area contributed by atoms with Gasteiger partial charge >= 0.3 is 0 Å². The highest BCUT2D eigenvalue weighted by Crippen LogP contribution is 2.44. The van der Waals surface area contributed by atoms with E-state index in [4.69, 9.17) is 0 Å². The predicted molar refractivity (Wildman–Crippen MR) is 69.6 cm³/mol. The van der Waals surface area contributed by atoms with Crippen LogP contribution >= 0.6 is 0 Å². The van der Waals surface area contributed by atoms with E-state index in [0.717, 1.165) is 31.5 Å². The van der Waals surface area contributed by atoms with Crippen molar-refractivity contribution in [2.75, 3.05) is 13.1 Å². The third kappa shape index (κ3) is 2.68. The van der Waals surface area contributed by atoms with E-state index in [-0.39, 0.29) is 11.2 Å². The van der Waals surface area contributed by atoms with Crippen LogP contribution in [-0.2, 0) is 5.41 Å². The fourth-order valence-corrected chi connectivity index (χ4v) is 2.64. The molecule has 0 aromatic heterocycles. The van der Waals surface area contributed by atoms with Gasteiger partial charge in [0.1, 0.15) is 5.82 Å². The summed E-state index contributed by atoms with van der Waals surface area (Å²) < 4.78 is 13.9. The minimum Gasteiger partial charge on any atom is -0.316 e. The molecule has 0 atom stereocenters. The Balaban J connectivity index is 2.07. The second-order valence-electron chi connectivity index (χ2n) is 5.64. The summed E-state index contributed by atoms with van der Waals surface area (Å²) in [6.45, 7) is 6.31. The van der Waals surface area contributed by atoms with Crippen LogP contribution in [0, 0.1) is 11.7 Å². The summed E-state index contributed by atoms with van der Waals surface area (Å²) in [5, 5.41) is 3.49. The van der Waals surface area contributed by atoms with Crippen molar-refractivity contribution in [3.8, 4) is 0 Å². The van der Waals surface area contributed by atoms with Gasteiger partial charge in [-0.1, -0.05) is 38.5 Å². The predicted octanol–water partition coefficient (Wildman–Crippen LogP) is 3.49. The molecule has 0 saturated heterocycles. The zero-order valence-corrected chi connectivity index (χ0v) is 10.8. The van der Waals surface area contributed by atoms with E-state index in [0.29, 0.717) is 5.92 Å². The fraction of sp³-hybridized carbons (Fsp3) is 0.600. The maximum Gasteiger partial charge on any atom is 0.127 e. The molecule has 1 nitrogen and oxygen atoms in total. The normalized spacial score (nSPS) is 18.1. The van der Waals surface area contributed by atoms with Gasteiger partial charge in [0.25, 0.3) is 0 Å². The smallest absolute Gasteiger partial charge is 0.127 e. The fourth-order valence-electron chi connectivity index (χ4n) is 2.64. The summed E-state index contributed by atoms with van der Waals surface area (Å²) in [6.07, 6.45) is 3.44. The largest absolute Gasteiger partial charge is 0.316 e. The van der Waals surface area contributed by atoms with Gasteiger partial charge in [-0.2, -0.15) is 0 Å². The maximum atomic E-state index is 13.9. The lowest BCUT2D eigenvalue weighted by atomic mass is 9.64. The summed E-state index contributed by atoms with van der Waals surface area (Å²) in [7, 11) is 0. The van der Waals surface area contributed by atoms with Gasteiger partial charge in [-0.25, -0.2) is 4.39 Å². The molecule has 1 saturated carbocycles. The molecule has 2 rings (SSSR count). The second kappa shape index (κ2) is 5.18. The zero-order valence-electron chi connectivity index (χ0n) is 10.8. The van der Waals surface area contributed by atoms with Crippen molar-refractivity contribution in [1.82, 2.24) is 5.32 Å². The second-order valence-corrected chi connectivity index (χ2v) is 5.64. The van der Waals surface area contributed by atoms with E-state index in [1.807, 2.05) is 12.1 Å². The van der Waals surface area contributed by atoms with Crippen molar-refractivity contribution in [2.24, 2.45) is 5.92 Å². The van der Waals surface area contributed by atoms with Crippen molar-refractivity contribution >= 4 is 0 Å². The van der Waals surface area contributed by atoms with Gasteiger partial charge in [-0.15, -0.1) is 0 Å². The first kappa shape index (κ1) is 12.6. The summed E-state index contributed by atoms with van der Waals surface area (Å²) in [6, 6.07) is 7.25. The summed E-state index contributed by atoms with van der Waals surface area (Å²) in [5.41, 5.74) is 0.961. The molecule has 17 heavy (non-hydrogen) atoms. The third-order valence-electron chi connectivity index (χ3n) is 3.77. The minimum absolute atomic E-state index is 0.0430. The number of nitrogens with one attached hydrogen (secondary N) is 1. The van der Waals surface area contributed by atoms with Gasteiger partial charge < -0.3 is 5.32 Å². The SMILES string of the molecule is CC(C)CNCC1(c2ccccc2F)CCC1. The van der Waals surface area contributed by atoms with Crippen LogP contribution in [0.5, 0.6) is 0 Å². The van der Waals surface area contributed by atoms with E-state index >= 15 is 0 Å². The van der Waals surface area contributed by atoms with E-state index in [9.17, 15) is 4.39 Å². The summed E-state index contributed by atoms with van der Waals surface area (Å²) >= 11 is 0. The van der Waals surface area contributed by atoms with E-state index in [1.165, 1.54) is 6.42 Å². The maximum absolute atomic E-state index is 13.9. The Labute approximate surface area is 103 Å². The van der Waals surface area contributed by atoms with Gasteiger partial charge in [-0.3, -0.25) is 0 Å². The monoisotopic (exact) mass is 235 g/mol. The Hall–Kier alpha value is -0.890. The topological polar surface area (TPSA) is 12.0 Å². The Kier molecular flexibility index (Phi) is 3.82. The molecular formula is C15H22FN. The van der Waals surface area contributed by atoms with Gasteiger partial charge in [0.15, 0.2) is 0 Å². The summed E-state index contributed by atoms with van der Waals surface area (Å²) in [5.74, 6) is 0.603. The van der Waals surface area contributed by atoms with E-state index in [1.54, 1.807) is 12.1 Å². The van der Waals surface area contributed by atoms with Crippen LogP contribution in [0.3, 0.4) is 0 Å². The van der Waals surface area contributed by atoms with Gasteiger partial charge in [-0.05, 0) is 36.9 Å². The number of halogens is 1. The molecule has 0 radical (unpaired) electrons. The van der Waals surface area contributed by atoms with Crippen LogP contribution in [0.1, 0.15) is 38.7 Å². The molecule has 1 fully saturated rings. The highest BCUT2D eigenvalue weighted by Gasteiger charge is 2.39. The van der Waals surface area contributed by atoms with Gasteiger partial charge in [0.2, 0.25) is 0 Å². The molecule has 0 amide bonds. The number of benzene rings is 1. The number of rotatable bonds is 5. The van der Waals surface area contributed by atoms with Crippen LogP contribution in [0.4, 0.5) is 4.39 Å². The van der Waals surface area contributed by atoms with Gasteiger partial charge in [0, 0.05) is 12.0 Å². The molecule has 1 N–H and O–H groups in total. The molecule has 1 aromatic rings. The Bertz CT molecular complexity index is 369. The number of hydrogen-bond acceptors (Lipinski definition) is 1.